The Kier molecular flexibility index (Phi) is 5.12. The molecule has 0 spiro atoms. The molecule has 112 valence electrons. The van der Waals surface area contributed by atoms with Gasteiger partial charge in [0.2, 0.25) is 10.0 Å². The standard InChI is InChI=1S/C16H20N2O2S/c1-13-2-4-15(5-3-13)11-18-21(19,20)12-16-8-6-14(10-17)7-9-16/h2-9,18H,10-12,17H2,1H3. The highest BCUT2D eigenvalue weighted by Gasteiger charge is 2.11. The Bertz CT molecular complexity index is 677. The van der Waals surface area contributed by atoms with E-state index in [0.29, 0.717) is 13.1 Å². The Balaban J connectivity index is 1.96. The van der Waals surface area contributed by atoms with E-state index in [1.807, 2.05) is 43.3 Å². The van der Waals surface area contributed by atoms with Crippen LogP contribution in [0.5, 0.6) is 0 Å². The van der Waals surface area contributed by atoms with Crippen LogP contribution in [0.2, 0.25) is 0 Å². The average molecular weight is 304 g/mol. The zero-order chi connectivity index (χ0) is 15.3. The van der Waals surface area contributed by atoms with Crippen molar-refractivity contribution in [3.8, 4) is 0 Å². The Morgan fingerprint density at radius 2 is 1.43 bits per heavy atom. The minimum atomic E-state index is -3.34. The van der Waals surface area contributed by atoms with E-state index in [0.717, 1.165) is 22.3 Å². The first-order valence-corrected chi connectivity index (χ1v) is 8.44. The van der Waals surface area contributed by atoms with Crippen LogP contribution in [0.25, 0.3) is 0 Å². The first-order valence-electron chi connectivity index (χ1n) is 6.79. The maximum absolute atomic E-state index is 12.1. The number of benzene rings is 2. The number of sulfonamides is 1. The molecule has 0 heterocycles. The van der Waals surface area contributed by atoms with E-state index in [4.69, 9.17) is 5.73 Å². The van der Waals surface area contributed by atoms with Crippen LogP contribution < -0.4 is 10.5 Å². The zero-order valence-electron chi connectivity index (χ0n) is 12.0. The van der Waals surface area contributed by atoms with Crippen molar-refractivity contribution >= 4 is 10.0 Å². The van der Waals surface area contributed by atoms with Crippen molar-refractivity contribution in [2.45, 2.75) is 25.8 Å². The lowest BCUT2D eigenvalue weighted by molar-refractivity contribution is 0.580. The lowest BCUT2D eigenvalue weighted by Crippen LogP contribution is -2.24. The van der Waals surface area contributed by atoms with Gasteiger partial charge in [-0.25, -0.2) is 13.1 Å². The quantitative estimate of drug-likeness (QED) is 0.858. The molecule has 0 aliphatic heterocycles. The molecule has 2 aromatic carbocycles. The third kappa shape index (κ3) is 4.97. The third-order valence-corrected chi connectivity index (χ3v) is 4.53. The second-order valence-corrected chi connectivity index (χ2v) is 6.89. The van der Waals surface area contributed by atoms with E-state index in [2.05, 4.69) is 4.72 Å². The maximum atomic E-state index is 12.1. The fourth-order valence-electron chi connectivity index (χ4n) is 1.94. The van der Waals surface area contributed by atoms with Gasteiger partial charge < -0.3 is 5.73 Å². The first kappa shape index (κ1) is 15.7. The largest absolute Gasteiger partial charge is 0.326 e. The van der Waals surface area contributed by atoms with Crippen molar-refractivity contribution in [3.63, 3.8) is 0 Å². The Hall–Kier alpha value is -1.69. The number of hydrogen-bond acceptors (Lipinski definition) is 3. The molecule has 0 aromatic heterocycles. The van der Waals surface area contributed by atoms with Crippen molar-refractivity contribution in [2.24, 2.45) is 5.73 Å². The molecule has 3 N–H and O–H groups in total. The van der Waals surface area contributed by atoms with Gasteiger partial charge in [0.25, 0.3) is 0 Å². The van der Waals surface area contributed by atoms with E-state index < -0.39 is 10.0 Å². The topological polar surface area (TPSA) is 72.2 Å². The van der Waals surface area contributed by atoms with Crippen LogP contribution in [0.15, 0.2) is 48.5 Å². The summed E-state index contributed by atoms with van der Waals surface area (Å²) in [6.45, 7) is 2.77. The lowest BCUT2D eigenvalue weighted by Gasteiger charge is -2.08. The van der Waals surface area contributed by atoms with Gasteiger partial charge in [-0.2, -0.15) is 0 Å². The van der Waals surface area contributed by atoms with Gasteiger partial charge in [-0.05, 0) is 23.6 Å². The highest BCUT2D eigenvalue weighted by Crippen LogP contribution is 2.09. The van der Waals surface area contributed by atoms with Gasteiger partial charge in [0, 0.05) is 13.1 Å². The number of aryl methyl sites for hydroxylation is 1. The van der Waals surface area contributed by atoms with Gasteiger partial charge in [0.1, 0.15) is 0 Å². The molecule has 0 saturated carbocycles. The second kappa shape index (κ2) is 6.85. The molecule has 0 aliphatic rings. The number of hydrogen-bond donors (Lipinski definition) is 2. The van der Waals surface area contributed by atoms with Crippen molar-refractivity contribution < 1.29 is 8.42 Å². The van der Waals surface area contributed by atoms with Crippen molar-refractivity contribution in [1.29, 1.82) is 0 Å². The van der Waals surface area contributed by atoms with Gasteiger partial charge in [-0.1, -0.05) is 54.1 Å². The summed E-state index contributed by atoms with van der Waals surface area (Å²) in [6.07, 6.45) is 0. The van der Waals surface area contributed by atoms with Crippen LogP contribution >= 0.6 is 0 Å². The second-order valence-electron chi connectivity index (χ2n) is 5.09. The number of nitrogens with one attached hydrogen (secondary N) is 1. The highest BCUT2D eigenvalue weighted by atomic mass is 32.2. The number of nitrogens with two attached hydrogens (primary N) is 1. The fraction of sp³-hybridized carbons (Fsp3) is 0.250. The van der Waals surface area contributed by atoms with Gasteiger partial charge in [-0.3, -0.25) is 0 Å². The summed E-state index contributed by atoms with van der Waals surface area (Å²) < 4.78 is 26.7. The van der Waals surface area contributed by atoms with Crippen LogP contribution in [-0.4, -0.2) is 8.42 Å². The molecule has 0 saturated heterocycles. The SMILES string of the molecule is Cc1ccc(CNS(=O)(=O)Cc2ccc(CN)cc2)cc1. The van der Waals surface area contributed by atoms with Gasteiger partial charge in [0.05, 0.1) is 5.75 Å². The summed E-state index contributed by atoms with van der Waals surface area (Å²) in [5.74, 6) is -0.0241. The number of rotatable bonds is 6. The third-order valence-electron chi connectivity index (χ3n) is 3.23. The Morgan fingerprint density at radius 1 is 0.905 bits per heavy atom. The summed E-state index contributed by atoms with van der Waals surface area (Å²) in [5, 5.41) is 0. The molecular weight excluding hydrogens is 284 g/mol. The molecule has 0 bridgehead atoms. The molecule has 0 radical (unpaired) electrons. The molecule has 0 amide bonds. The molecular formula is C16H20N2O2S. The molecule has 0 unspecified atom stereocenters. The fourth-order valence-corrected chi connectivity index (χ4v) is 3.06. The van der Waals surface area contributed by atoms with Crippen LogP contribution in [0.3, 0.4) is 0 Å². The molecule has 4 nitrogen and oxygen atoms in total. The summed E-state index contributed by atoms with van der Waals surface area (Å²) in [6, 6.07) is 15.1. The van der Waals surface area contributed by atoms with Gasteiger partial charge in [-0.15, -0.1) is 0 Å². The Labute approximate surface area is 126 Å². The van der Waals surface area contributed by atoms with E-state index in [1.54, 1.807) is 12.1 Å². The van der Waals surface area contributed by atoms with E-state index in [1.165, 1.54) is 0 Å². The van der Waals surface area contributed by atoms with Gasteiger partial charge in [0.15, 0.2) is 0 Å². The molecule has 2 rings (SSSR count). The van der Waals surface area contributed by atoms with Crippen LogP contribution in [0, 0.1) is 6.92 Å². The zero-order valence-corrected chi connectivity index (χ0v) is 12.9. The molecule has 5 heteroatoms. The summed E-state index contributed by atoms with van der Waals surface area (Å²) in [4.78, 5) is 0. The van der Waals surface area contributed by atoms with E-state index in [-0.39, 0.29) is 5.75 Å². The summed E-state index contributed by atoms with van der Waals surface area (Å²) >= 11 is 0. The lowest BCUT2D eigenvalue weighted by atomic mass is 10.1. The predicted molar refractivity (Wildman–Crippen MR) is 85.0 cm³/mol. The van der Waals surface area contributed by atoms with Crippen molar-refractivity contribution in [3.05, 3.63) is 70.8 Å². The van der Waals surface area contributed by atoms with Crippen LogP contribution in [0.1, 0.15) is 22.3 Å². The molecule has 0 fully saturated rings. The molecule has 2 aromatic rings. The van der Waals surface area contributed by atoms with Gasteiger partial charge >= 0.3 is 0 Å². The summed E-state index contributed by atoms with van der Waals surface area (Å²) in [5.41, 5.74) is 9.36. The molecule has 21 heavy (non-hydrogen) atoms. The Morgan fingerprint density at radius 3 is 2.00 bits per heavy atom. The highest BCUT2D eigenvalue weighted by molar-refractivity contribution is 7.88. The normalized spacial score (nSPS) is 11.5. The van der Waals surface area contributed by atoms with Crippen molar-refractivity contribution in [2.75, 3.05) is 0 Å². The minimum Gasteiger partial charge on any atom is -0.326 e. The first-order chi connectivity index (χ1) is 9.98. The minimum absolute atomic E-state index is 0.0241. The maximum Gasteiger partial charge on any atom is 0.216 e. The molecule has 0 aliphatic carbocycles. The van der Waals surface area contributed by atoms with Crippen LogP contribution in [0.4, 0.5) is 0 Å². The average Bonchev–Trinajstić information content (AvgIpc) is 2.47. The van der Waals surface area contributed by atoms with Crippen molar-refractivity contribution in [1.82, 2.24) is 4.72 Å². The van der Waals surface area contributed by atoms with Crippen LogP contribution in [-0.2, 0) is 28.9 Å². The van der Waals surface area contributed by atoms with E-state index in [9.17, 15) is 8.42 Å². The molecule has 0 atom stereocenters. The predicted octanol–water partition coefficient (Wildman–Crippen LogP) is 2.07. The summed E-state index contributed by atoms with van der Waals surface area (Å²) in [7, 11) is -3.34. The monoisotopic (exact) mass is 304 g/mol. The smallest absolute Gasteiger partial charge is 0.216 e. The van der Waals surface area contributed by atoms with E-state index >= 15 is 0 Å².